The first-order valence-corrected chi connectivity index (χ1v) is 9.58. The Kier molecular flexibility index (Phi) is 6.43. The second kappa shape index (κ2) is 8.77. The van der Waals surface area contributed by atoms with E-state index in [0.717, 1.165) is 31.5 Å². The summed E-state index contributed by atoms with van der Waals surface area (Å²) in [5, 5.41) is 12.5. The highest BCUT2D eigenvalue weighted by Crippen LogP contribution is 2.27. The Labute approximate surface area is 149 Å². The Bertz CT molecular complexity index is 549. The van der Waals surface area contributed by atoms with Gasteiger partial charge in [0.25, 0.3) is 0 Å². The second-order valence-electron chi connectivity index (χ2n) is 7.40. The molecule has 0 bridgehead atoms. The molecule has 1 saturated heterocycles. The van der Waals surface area contributed by atoms with E-state index in [4.69, 9.17) is 0 Å². The van der Waals surface area contributed by atoms with Crippen LogP contribution in [0.2, 0.25) is 0 Å². The van der Waals surface area contributed by atoms with E-state index in [1.54, 1.807) is 12.1 Å². The van der Waals surface area contributed by atoms with Crippen molar-refractivity contribution in [1.82, 2.24) is 10.2 Å². The second-order valence-corrected chi connectivity index (χ2v) is 7.40. The van der Waals surface area contributed by atoms with Gasteiger partial charge in [0, 0.05) is 12.0 Å². The van der Waals surface area contributed by atoms with Gasteiger partial charge in [0.05, 0.1) is 12.6 Å². The van der Waals surface area contributed by atoms with Gasteiger partial charge in [0.15, 0.2) is 0 Å². The summed E-state index contributed by atoms with van der Waals surface area (Å²) in [5.41, 5.74) is 0.733. The molecular weight excluding hydrogens is 319 g/mol. The highest BCUT2D eigenvalue weighted by molar-refractivity contribution is 5.79. The fourth-order valence-electron chi connectivity index (χ4n) is 4.19. The molecule has 0 spiro atoms. The Morgan fingerprint density at radius 1 is 1.12 bits per heavy atom. The average molecular weight is 348 g/mol. The topological polar surface area (TPSA) is 52.6 Å². The van der Waals surface area contributed by atoms with Crippen LogP contribution in [0.15, 0.2) is 24.3 Å². The zero-order chi connectivity index (χ0) is 17.6. The van der Waals surface area contributed by atoms with Gasteiger partial charge < -0.3 is 15.3 Å². The fraction of sp³-hybridized carbons (Fsp3) is 0.650. The molecule has 25 heavy (non-hydrogen) atoms. The predicted octanol–water partition coefficient (Wildman–Crippen LogP) is 3.02. The number of rotatable bonds is 5. The number of halogens is 1. The van der Waals surface area contributed by atoms with Crippen molar-refractivity contribution in [2.24, 2.45) is 5.92 Å². The maximum atomic E-state index is 13.0. The average Bonchev–Trinajstić information content (AvgIpc) is 2.67. The van der Waals surface area contributed by atoms with Crippen LogP contribution in [-0.4, -0.2) is 41.7 Å². The Morgan fingerprint density at radius 3 is 2.36 bits per heavy atom. The molecule has 0 radical (unpaired) electrons. The fourth-order valence-corrected chi connectivity index (χ4v) is 4.19. The Morgan fingerprint density at radius 2 is 1.76 bits per heavy atom. The number of nitrogens with zero attached hydrogens (tertiary/aromatic N) is 1. The van der Waals surface area contributed by atoms with Crippen LogP contribution in [0.5, 0.6) is 0 Å². The number of carbonyl (C=O) groups excluding carboxylic acids is 1. The SMILES string of the molecule is O=C(N[C@@H](CO)c1ccc(F)cc1)C1CCN(C2CCCCC2)CC1. The van der Waals surface area contributed by atoms with E-state index in [-0.39, 0.29) is 24.2 Å². The number of hydrogen-bond acceptors (Lipinski definition) is 3. The van der Waals surface area contributed by atoms with Crippen LogP contribution in [0.3, 0.4) is 0 Å². The molecule has 0 aromatic heterocycles. The number of piperidine rings is 1. The van der Waals surface area contributed by atoms with E-state index >= 15 is 0 Å². The molecule has 1 aromatic carbocycles. The number of likely N-dealkylation sites (tertiary alicyclic amines) is 1. The minimum Gasteiger partial charge on any atom is -0.394 e. The summed E-state index contributed by atoms with van der Waals surface area (Å²) >= 11 is 0. The first kappa shape index (κ1) is 18.3. The molecule has 5 heteroatoms. The van der Waals surface area contributed by atoms with Gasteiger partial charge in [0.1, 0.15) is 5.82 Å². The van der Waals surface area contributed by atoms with Gasteiger partial charge in [-0.2, -0.15) is 0 Å². The van der Waals surface area contributed by atoms with Crippen LogP contribution in [-0.2, 0) is 4.79 Å². The molecule has 1 saturated carbocycles. The van der Waals surface area contributed by atoms with Gasteiger partial charge in [-0.05, 0) is 56.5 Å². The molecule has 2 N–H and O–H groups in total. The first-order valence-electron chi connectivity index (χ1n) is 9.58. The normalized spacial score (nSPS) is 21.8. The molecule has 138 valence electrons. The van der Waals surface area contributed by atoms with Gasteiger partial charge >= 0.3 is 0 Å². The zero-order valence-corrected chi connectivity index (χ0v) is 14.8. The summed E-state index contributed by atoms with van der Waals surface area (Å²) < 4.78 is 13.0. The van der Waals surface area contributed by atoms with E-state index in [2.05, 4.69) is 10.2 Å². The lowest BCUT2D eigenvalue weighted by Gasteiger charge is -2.39. The number of carbonyl (C=O) groups is 1. The standard InChI is InChI=1S/C20H29FN2O2/c21-17-8-6-15(7-9-17)19(14-24)22-20(25)16-10-12-23(13-11-16)18-4-2-1-3-5-18/h6-9,16,18-19,24H,1-5,10-14H2,(H,22,25)/t19-/m0/s1. The van der Waals surface area contributed by atoms with Crippen molar-refractivity contribution in [3.05, 3.63) is 35.6 Å². The molecule has 3 rings (SSSR count). The van der Waals surface area contributed by atoms with Gasteiger partial charge in [-0.15, -0.1) is 0 Å². The number of aliphatic hydroxyl groups excluding tert-OH is 1. The van der Waals surface area contributed by atoms with Crippen LogP contribution < -0.4 is 5.32 Å². The van der Waals surface area contributed by atoms with Crippen LogP contribution in [0.25, 0.3) is 0 Å². The summed E-state index contributed by atoms with van der Waals surface area (Å²) in [7, 11) is 0. The number of hydrogen-bond donors (Lipinski definition) is 2. The lowest BCUT2D eigenvalue weighted by atomic mass is 9.89. The van der Waals surface area contributed by atoms with Crippen molar-refractivity contribution >= 4 is 5.91 Å². The van der Waals surface area contributed by atoms with Gasteiger partial charge in [-0.1, -0.05) is 31.4 Å². The highest BCUT2D eigenvalue weighted by atomic mass is 19.1. The van der Waals surface area contributed by atoms with E-state index in [1.807, 2.05) is 0 Å². The summed E-state index contributed by atoms with van der Waals surface area (Å²) in [6, 6.07) is 6.18. The third-order valence-electron chi connectivity index (χ3n) is 5.76. The quantitative estimate of drug-likeness (QED) is 0.860. The van der Waals surface area contributed by atoms with Gasteiger partial charge in [-0.3, -0.25) is 4.79 Å². The van der Waals surface area contributed by atoms with Crippen molar-refractivity contribution in [2.45, 2.75) is 57.0 Å². The molecule has 1 aliphatic heterocycles. The largest absolute Gasteiger partial charge is 0.394 e. The van der Waals surface area contributed by atoms with E-state index in [9.17, 15) is 14.3 Å². The summed E-state index contributed by atoms with van der Waals surface area (Å²) in [5.74, 6) is -0.303. The molecule has 1 aromatic rings. The minimum absolute atomic E-state index is 0.00618. The number of benzene rings is 1. The molecule has 1 heterocycles. The highest BCUT2D eigenvalue weighted by Gasteiger charge is 2.30. The molecule has 4 nitrogen and oxygen atoms in total. The zero-order valence-electron chi connectivity index (χ0n) is 14.8. The predicted molar refractivity (Wildman–Crippen MR) is 95.5 cm³/mol. The number of nitrogens with one attached hydrogen (secondary N) is 1. The summed E-state index contributed by atoms with van der Waals surface area (Å²) in [6.45, 7) is 1.80. The third kappa shape index (κ3) is 4.79. The van der Waals surface area contributed by atoms with Gasteiger partial charge in [-0.25, -0.2) is 4.39 Å². The molecule has 0 unspecified atom stereocenters. The summed E-state index contributed by atoms with van der Waals surface area (Å²) in [4.78, 5) is 15.1. The van der Waals surface area contributed by atoms with E-state index in [1.165, 1.54) is 44.2 Å². The van der Waals surface area contributed by atoms with Gasteiger partial charge in [0.2, 0.25) is 5.91 Å². The van der Waals surface area contributed by atoms with Crippen LogP contribution >= 0.6 is 0 Å². The van der Waals surface area contributed by atoms with Crippen molar-refractivity contribution in [2.75, 3.05) is 19.7 Å². The monoisotopic (exact) mass is 348 g/mol. The van der Waals surface area contributed by atoms with Crippen molar-refractivity contribution in [3.63, 3.8) is 0 Å². The number of aliphatic hydroxyl groups is 1. The van der Waals surface area contributed by atoms with Crippen LogP contribution in [0, 0.1) is 11.7 Å². The Hall–Kier alpha value is -1.46. The lowest BCUT2D eigenvalue weighted by molar-refractivity contribution is -0.127. The van der Waals surface area contributed by atoms with Crippen molar-refractivity contribution < 1.29 is 14.3 Å². The van der Waals surface area contributed by atoms with Crippen LogP contribution in [0.1, 0.15) is 56.6 Å². The molecule has 1 amide bonds. The first-order chi connectivity index (χ1) is 12.2. The smallest absolute Gasteiger partial charge is 0.223 e. The van der Waals surface area contributed by atoms with E-state index in [0.29, 0.717) is 6.04 Å². The molecule has 1 aliphatic carbocycles. The molecular formula is C20H29FN2O2. The minimum atomic E-state index is -0.468. The Balaban J connectivity index is 1.50. The number of amides is 1. The van der Waals surface area contributed by atoms with Crippen LogP contribution in [0.4, 0.5) is 4.39 Å². The molecule has 2 fully saturated rings. The summed E-state index contributed by atoms with van der Waals surface area (Å²) in [6.07, 6.45) is 8.39. The maximum Gasteiger partial charge on any atom is 0.223 e. The maximum absolute atomic E-state index is 13.0. The molecule has 1 atom stereocenters. The van der Waals surface area contributed by atoms with E-state index < -0.39 is 6.04 Å². The lowest BCUT2D eigenvalue weighted by Crippen LogP contribution is -2.46. The third-order valence-corrected chi connectivity index (χ3v) is 5.76. The van der Waals surface area contributed by atoms with Crippen molar-refractivity contribution in [1.29, 1.82) is 0 Å². The molecule has 2 aliphatic rings. The van der Waals surface area contributed by atoms with Crippen molar-refractivity contribution in [3.8, 4) is 0 Å².